The van der Waals surface area contributed by atoms with Gasteiger partial charge in [-0.2, -0.15) is 0 Å². The summed E-state index contributed by atoms with van der Waals surface area (Å²) >= 11 is 0. The molecule has 0 unspecified atom stereocenters. The fourth-order valence-electron chi connectivity index (χ4n) is 4.33. The van der Waals surface area contributed by atoms with E-state index in [-0.39, 0.29) is 11.8 Å². The highest BCUT2D eigenvalue weighted by atomic mass is 16.6. The third kappa shape index (κ3) is 5.45. The topological polar surface area (TPSA) is 75.9 Å². The first-order valence-electron chi connectivity index (χ1n) is 9.92. The summed E-state index contributed by atoms with van der Waals surface area (Å²) < 4.78 is 5.17. The van der Waals surface area contributed by atoms with Crippen molar-refractivity contribution in [3.63, 3.8) is 0 Å². The number of benzene rings is 1. The molecule has 1 aromatic carbocycles. The minimum Gasteiger partial charge on any atom is -0.444 e. The molecule has 0 saturated carbocycles. The van der Waals surface area contributed by atoms with E-state index < -0.39 is 11.7 Å². The van der Waals surface area contributed by atoms with Crippen LogP contribution in [0.5, 0.6) is 0 Å². The number of amides is 2. The van der Waals surface area contributed by atoms with Gasteiger partial charge in [0.15, 0.2) is 0 Å². The number of carbonyl (C=O) groups excluding carboxylic acids is 2. The number of rotatable bonds is 6. The Morgan fingerprint density at radius 1 is 1.19 bits per heavy atom. The second kappa shape index (κ2) is 8.30. The van der Waals surface area contributed by atoms with E-state index in [0.29, 0.717) is 19.4 Å². The van der Waals surface area contributed by atoms with Crippen LogP contribution in [-0.4, -0.2) is 42.1 Å². The zero-order valence-electron chi connectivity index (χ0n) is 16.4. The summed E-state index contributed by atoms with van der Waals surface area (Å²) in [6.45, 7) is 7.65. The summed E-state index contributed by atoms with van der Waals surface area (Å²) in [5.74, 6) is 0.276. The average Bonchev–Trinajstić information content (AvgIpc) is 2.94. The highest BCUT2D eigenvalue weighted by Gasteiger charge is 2.35. The molecule has 2 fully saturated rings. The highest BCUT2D eigenvalue weighted by Crippen LogP contribution is 2.31. The van der Waals surface area contributed by atoms with Crippen molar-refractivity contribution < 1.29 is 14.3 Å². The van der Waals surface area contributed by atoms with Gasteiger partial charge in [0.05, 0.1) is 0 Å². The van der Waals surface area contributed by atoms with Gasteiger partial charge in [0.1, 0.15) is 5.60 Å². The van der Waals surface area contributed by atoms with Crippen LogP contribution >= 0.6 is 0 Å². The standard InChI is InChI=1S/C21H31N3O3/c1-21(2,27-20(22)26)13-17-12-19(25)24(15-17)18-8-6-16(7-9-18)14-23-10-4-3-5-11-23/h6-9,17H,3-5,10-15H2,1-2H3,(H2,22,26)/t17-/m1/s1. The largest absolute Gasteiger partial charge is 0.444 e. The smallest absolute Gasteiger partial charge is 0.405 e. The Hall–Kier alpha value is -2.08. The van der Waals surface area contributed by atoms with Crippen molar-refractivity contribution in [1.29, 1.82) is 0 Å². The number of ether oxygens (including phenoxy) is 1. The maximum atomic E-state index is 12.5. The van der Waals surface area contributed by atoms with E-state index >= 15 is 0 Å². The van der Waals surface area contributed by atoms with Crippen LogP contribution in [-0.2, 0) is 16.1 Å². The normalized spacial score (nSPS) is 21.5. The van der Waals surface area contributed by atoms with Crippen LogP contribution in [0, 0.1) is 5.92 Å². The van der Waals surface area contributed by atoms with E-state index in [4.69, 9.17) is 10.5 Å². The maximum absolute atomic E-state index is 12.5. The maximum Gasteiger partial charge on any atom is 0.405 e. The van der Waals surface area contributed by atoms with E-state index in [1.54, 1.807) is 0 Å². The van der Waals surface area contributed by atoms with Gasteiger partial charge in [-0.15, -0.1) is 0 Å². The number of hydrogen-bond donors (Lipinski definition) is 1. The van der Waals surface area contributed by atoms with Crippen molar-refractivity contribution in [3.8, 4) is 0 Å². The van der Waals surface area contributed by atoms with Gasteiger partial charge >= 0.3 is 6.09 Å². The molecule has 0 aromatic heterocycles. The average molecular weight is 373 g/mol. The Bertz CT molecular complexity index is 666. The van der Waals surface area contributed by atoms with Gasteiger partial charge in [0.25, 0.3) is 0 Å². The first kappa shape index (κ1) is 19.7. The molecule has 1 aromatic rings. The molecule has 0 spiro atoms. The van der Waals surface area contributed by atoms with Crippen LogP contribution in [0.3, 0.4) is 0 Å². The van der Waals surface area contributed by atoms with E-state index in [1.807, 2.05) is 30.9 Å². The van der Waals surface area contributed by atoms with Gasteiger partial charge in [-0.1, -0.05) is 18.6 Å². The molecule has 2 saturated heterocycles. The predicted molar refractivity (Wildman–Crippen MR) is 105 cm³/mol. The molecular weight excluding hydrogens is 342 g/mol. The summed E-state index contributed by atoms with van der Waals surface area (Å²) in [5, 5.41) is 0. The quantitative estimate of drug-likeness (QED) is 0.830. The molecular formula is C21H31N3O3. The summed E-state index contributed by atoms with van der Waals surface area (Å²) in [6, 6.07) is 8.35. The van der Waals surface area contributed by atoms with Gasteiger partial charge in [0, 0.05) is 25.2 Å². The minimum atomic E-state index is -0.773. The Balaban J connectivity index is 1.57. The SMILES string of the molecule is CC(C)(C[C@H]1CC(=O)N(c2ccc(CN3CCCCC3)cc2)C1)OC(N)=O. The molecule has 1 atom stereocenters. The fraction of sp³-hybridized carbons (Fsp3) is 0.619. The summed E-state index contributed by atoms with van der Waals surface area (Å²) in [6.07, 6.45) is 4.24. The molecule has 2 amide bonds. The lowest BCUT2D eigenvalue weighted by Crippen LogP contribution is -2.34. The van der Waals surface area contributed by atoms with Gasteiger partial charge < -0.3 is 15.4 Å². The lowest BCUT2D eigenvalue weighted by molar-refractivity contribution is -0.117. The van der Waals surface area contributed by atoms with Gasteiger partial charge in [-0.25, -0.2) is 4.79 Å². The van der Waals surface area contributed by atoms with Crippen molar-refractivity contribution in [2.75, 3.05) is 24.5 Å². The zero-order chi connectivity index (χ0) is 19.4. The van der Waals surface area contributed by atoms with Crippen LogP contribution in [0.1, 0.15) is 51.5 Å². The first-order valence-corrected chi connectivity index (χ1v) is 9.92. The van der Waals surface area contributed by atoms with Crippen LogP contribution in [0.2, 0.25) is 0 Å². The number of anilines is 1. The molecule has 0 aliphatic carbocycles. The summed E-state index contributed by atoms with van der Waals surface area (Å²) in [7, 11) is 0. The van der Waals surface area contributed by atoms with E-state index in [2.05, 4.69) is 17.0 Å². The molecule has 2 aliphatic rings. The van der Waals surface area contributed by atoms with Crippen LogP contribution in [0.25, 0.3) is 0 Å². The third-order valence-corrected chi connectivity index (χ3v) is 5.47. The molecule has 0 bridgehead atoms. The van der Waals surface area contributed by atoms with E-state index in [0.717, 1.165) is 12.2 Å². The van der Waals surface area contributed by atoms with Crippen LogP contribution in [0.4, 0.5) is 10.5 Å². The minimum absolute atomic E-state index is 0.124. The number of primary amides is 1. The molecule has 148 valence electrons. The summed E-state index contributed by atoms with van der Waals surface area (Å²) in [4.78, 5) is 27.9. The Morgan fingerprint density at radius 3 is 2.48 bits per heavy atom. The molecule has 27 heavy (non-hydrogen) atoms. The number of carbonyl (C=O) groups is 2. The van der Waals surface area contributed by atoms with Crippen molar-refractivity contribution in [2.45, 2.75) is 58.1 Å². The molecule has 6 nitrogen and oxygen atoms in total. The van der Waals surface area contributed by atoms with E-state index in [9.17, 15) is 9.59 Å². The molecule has 6 heteroatoms. The third-order valence-electron chi connectivity index (χ3n) is 5.47. The van der Waals surface area contributed by atoms with Crippen molar-refractivity contribution in [2.24, 2.45) is 11.7 Å². The van der Waals surface area contributed by atoms with Gasteiger partial charge in [-0.3, -0.25) is 9.69 Å². The Morgan fingerprint density at radius 2 is 1.85 bits per heavy atom. The molecule has 2 aliphatic heterocycles. The second-order valence-electron chi connectivity index (χ2n) is 8.46. The number of nitrogens with zero attached hydrogens (tertiary/aromatic N) is 2. The number of hydrogen-bond acceptors (Lipinski definition) is 4. The highest BCUT2D eigenvalue weighted by molar-refractivity contribution is 5.95. The van der Waals surface area contributed by atoms with Crippen LogP contribution < -0.4 is 10.6 Å². The molecule has 2 heterocycles. The molecule has 3 rings (SSSR count). The van der Waals surface area contributed by atoms with Crippen molar-refractivity contribution >= 4 is 17.7 Å². The summed E-state index contributed by atoms with van der Waals surface area (Å²) in [5.41, 5.74) is 6.71. The van der Waals surface area contributed by atoms with Crippen molar-refractivity contribution in [3.05, 3.63) is 29.8 Å². The van der Waals surface area contributed by atoms with Gasteiger partial charge in [0.2, 0.25) is 5.91 Å². The zero-order valence-corrected chi connectivity index (χ0v) is 16.4. The first-order chi connectivity index (χ1) is 12.8. The van der Waals surface area contributed by atoms with Crippen LogP contribution in [0.15, 0.2) is 24.3 Å². The monoisotopic (exact) mass is 373 g/mol. The predicted octanol–water partition coefficient (Wildman–Crippen LogP) is 3.29. The lowest BCUT2D eigenvalue weighted by Gasteiger charge is -2.27. The van der Waals surface area contributed by atoms with E-state index in [1.165, 1.54) is 37.9 Å². The number of piperidine rings is 1. The molecule has 0 radical (unpaired) electrons. The van der Waals surface area contributed by atoms with Crippen molar-refractivity contribution in [1.82, 2.24) is 4.90 Å². The fourth-order valence-corrected chi connectivity index (χ4v) is 4.33. The Labute approximate surface area is 161 Å². The number of nitrogens with two attached hydrogens (primary N) is 1. The molecule has 2 N–H and O–H groups in total. The van der Waals surface area contributed by atoms with Gasteiger partial charge in [-0.05, 0) is 69.8 Å². The second-order valence-corrected chi connectivity index (χ2v) is 8.46. The number of likely N-dealkylation sites (tertiary alicyclic amines) is 1. The lowest BCUT2D eigenvalue weighted by atomic mass is 9.92. The Kier molecular flexibility index (Phi) is 6.05.